The number of hydrogen-bond donors (Lipinski definition) is 0. The standard InChI is InChI=1S/3C15H24O8.2Ce/c3*1-5-14(6-2,10(16)17)12(20)22-9-23-13(21)15(7-3,8-4)11(18)19;;/h3*5-9H2,1-4H3,(H,16,17)(H,18,19);;/q;;;2*+3/p-6. The van der Waals surface area contributed by atoms with Crippen molar-refractivity contribution in [3.8, 4) is 0 Å². The van der Waals surface area contributed by atoms with E-state index in [0.717, 1.165) is 0 Å². The normalized spacial score (nSPS) is 11.3. The van der Waals surface area contributed by atoms with E-state index in [2.05, 4.69) is 28.4 Å². The number of carboxylic acids is 6. The van der Waals surface area contributed by atoms with Gasteiger partial charge in [0.25, 0.3) is 0 Å². The molecule has 0 heterocycles. The molecule has 0 aliphatic rings. The van der Waals surface area contributed by atoms with E-state index >= 15 is 0 Å². The van der Waals surface area contributed by atoms with Crippen molar-refractivity contribution in [2.75, 3.05) is 20.4 Å². The van der Waals surface area contributed by atoms with Gasteiger partial charge in [0.2, 0.25) is 20.4 Å². The predicted molar refractivity (Wildman–Crippen MR) is 219 cm³/mol. The van der Waals surface area contributed by atoms with E-state index in [1.165, 1.54) is 83.1 Å². The molecule has 0 rings (SSSR count). The number of rotatable bonds is 30. The van der Waals surface area contributed by atoms with Gasteiger partial charge in [0.1, 0.15) is 32.5 Å². The minimum Gasteiger partial charge on any atom is -0.549 e. The molecule has 0 spiro atoms. The number of carboxylic acid groups (broad SMARTS) is 6. The van der Waals surface area contributed by atoms with Crippen LogP contribution in [0.2, 0.25) is 0 Å². The summed E-state index contributed by atoms with van der Waals surface area (Å²) in [7, 11) is 0. The van der Waals surface area contributed by atoms with Crippen LogP contribution in [0.15, 0.2) is 0 Å². The van der Waals surface area contributed by atoms with E-state index in [1.54, 1.807) is 0 Å². The molecule has 0 aliphatic heterocycles. The Kier molecular flexibility index (Phi) is 38.2. The number of hydrogen-bond acceptors (Lipinski definition) is 24. The first-order valence-corrected chi connectivity index (χ1v) is 22.4. The Labute approximate surface area is 480 Å². The Balaban J connectivity index is -0.000000302. The molecule has 0 aliphatic carbocycles. The van der Waals surface area contributed by atoms with Gasteiger partial charge in [-0.3, -0.25) is 28.8 Å². The molecule has 26 heteroatoms. The van der Waals surface area contributed by atoms with Gasteiger partial charge in [0.05, 0.1) is 35.8 Å². The summed E-state index contributed by atoms with van der Waals surface area (Å²) in [5, 5.41) is 66.9. The zero-order valence-corrected chi connectivity index (χ0v) is 48.7. The van der Waals surface area contributed by atoms with Crippen LogP contribution in [-0.4, -0.2) is 92.0 Å². The smallest absolute Gasteiger partial charge is 0.549 e. The van der Waals surface area contributed by atoms with Crippen LogP contribution in [0.5, 0.6) is 0 Å². The molecule has 0 aromatic carbocycles. The fraction of sp³-hybridized carbons (Fsp3) is 0.733. The summed E-state index contributed by atoms with van der Waals surface area (Å²) in [6, 6.07) is 0. The molecular weight excluding hydrogens is 1200 g/mol. The third-order valence-electron chi connectivity index (χ3n) is 13.1. The minimum absolute atomic E-state index is 0. The van der Waals surface area contributed by atoms with Crippen molar-refractivity contribution >= 4 is 71.6 Å². The molecule has 0 amide bonds. The molecule has 2 radical (unpaired) electrons. The van der Waals surface area contributed by atoms with Gasteiger partial charge in [0, 0.05) is 0 Å². The first kappa shape index (κ1) is 76.3. The molecule has 0 atom stereocenters. The molecule has 0 bridgehead atoms. The van der Waals surface area contributed by atoms with Crippen LogP contribution in [-0.2, 0) is 86.0 Å². The van der Waals surface area contributed by atoms with E-state index in [-0.39, 0.29) is 161 Å². The van der Waals surface area contributed by atoms with E-state index in [9.17, 15) is 88.2 Å². The topological polar surface area (TPSA) is 399 Å². The first-order valence-electron chi connectivity index (χ1n) is 22.4. The summed E-state index contributed by atoms with van der Waals surface area (Å²) in [6.07, 6.45) is -0.601. The van der Waals surface area contributed by atoms with Gasteiger partial charge < -0.3 is 87.8 Å². The van der Waals surface area contributed by atoms with Crippen LogP contribution >= 0.6 is 0 Å². The molecule has 24 nitrogen and oxygen atoms in total. The van der Waals surface area contributed by atoms with Crippen LogP contribution in [0.25, 0.3) is 0 Å². The number of carbonyl (C=O) groups excluding carboxylic acids is 12. The van der Waals surface area contributed by atoms with E-state index in [1.807, 2.05) is 0 Å². The van der Waals surface area contributed by atoms with Crippen molar-refractivity contribution in [1.82, 2.24) is 0 Å². The van der Waals surface area contributed by atoms with Gasteiger partial charge in [0.15, 0.2) is 0 Å². The second-order valence-corrected chi connectivity index (χ2v) is 15.4. The van der Waals surface area contributed by atoms with Gasteiger partial charge >= 0.3 is 119 Å². The molecule has 398 valence electrons. The van der Waals surface area contributed by atoms with Crippen molar-refractivity contribution < 1.29 is 200 Å². The van der Waals surface area contributed by atoms with Gasteiger partial charge in [-0.2, -0.15) is 0 Å². The van der Waals surface area contributed by atoms with Crippen molar-refractivity contribution in [3.63, 3.8) is 0 Å². The number of carbonyl (C=O) groups is 12. The van der Waals surface area contributed by atoms with E-state index < -0.39 is 125 Å². The Morgan fingerprint density at radius 2 is 0.324 bits per heavy atom. The molecule has 0 saturated heterocycles. The molecule has 0 N–H and O–H groups in total. The van der Waals surface area contributed by atoms with Crippen LogP contribution in [0.1, 0.15) is 160 Å². The maximum absolute atomic E-state index is 11.9. The minimum atomic E-state index is -1.83. The third kappa shape index (κ3) is 18.4. The monoisotopic (exact) mass is 1270 g/mol. The summed E-state index contributed by atoms with van der Waals surface area (Å²) < 4.78 is 28.0. The maximum atomic E-state index is 11.9. The molecule has 0 saturated carbocycles. The summed E-state index contributed by atoms with van der Waals surface area (Å²) in [5.41, 5.74) is -11.0. The number of ether oxygens (including phenoxy) is 6. The number of aliphatic carboxylic acids is 6. The fourth-order valence-corrected chi connectivity index (χ4v) is 6.70. The molecule has 0 unspecified atom stereocenters. The summed E-state index contributed by atoms with van der Waals surface area (Å²) >= 11 is 0. The van der Waals surface area contributed by atoms with Crippen LogP contribution in [0.3, 0.4) is 0 Å². The van der Waals surface area contributed by atoms with Crippen molar-refractivity contribution in [2.24, 2.45) is 32.5 Å². The quantitative estimate of drug-likeness (QED) is 0.0309. The van der Waals surface area contributed by atoms with Crippen LogP contribution in [0, 0.1) is 116 Å². The van der Waals surface area contributed by atoms with Gasteiger partial charge in [-0.15, -0.1) is 0 Å². The summed E-state index contributed by atoms with van der Waals surface area (Å²) in [4.78, 5) is 138. The third-order valence-corrected chi connectivity index (χ3v) is 13.1. The fourth-order valence-electron chi connectivity index (χ4n) is 6.70. The second-order valence-electron chi connectivity index (χ2n) is 15.4. The Morgan fingerprint density at radius 1 is 0.239 bits per heavy atom. The van der Waals surface area contributed by atoms with E-state index in [4.69, 9.17) is 0 Å². The van der Waals surface area contributed by atoms with Gasteiger partial charge in [-0.1, -0.05) is 83.1 Å². The molecule has 0 aromatic heterocycles. The SMILES string of the molecule is CCC(CC)(C(=O)[O-])C(=O)OCOC(=O)C(CC)(CC)C(=O)[O-].CCC(CC)(C(=O)[O-])C(=O)OCOC(=O)C(CC)(CC)C(=O)[O-].CCC(CC)(C(=O)[O-])C(=O)OCOC(=O)C(CC)(CC)C(=O)[O-].[Ce+3].[Ce+3]. The summed E-state index contributed by atoms with van der Waals surface area (Å²) in [5.74, 6) is -16.0. The first-order chi connectivity index (χ1) is 32.0. The Morgan fingerprint density at radius 3 is 0.380 bits per heavy atom. The van der Waals surface area contributed by atoms with Gasteiger partial charge in [-0.25, -0.2) is 0 Å². The molecule has 71 heavy (non-hydrogen) atoms. The summed E-state index contributed by atoms with van der Waals surface area (Å²) in [6.45, 7) is 15.2. The average Bonchev–Trinajstić information content (AvgIpc) is 3.29. The van der Waals surface area contributed by atoms with Gasteiger partial charge in [-0.05, 0) is 77.0 Å². The van der Waals surface area contributed by atoms with Crippen molar-refractivity contribution in [3.05, 3.63) is 0 Å². The zero-order chi connectivity index (χ0) is 54.8. The zero-order valence-electron chi connectivity index (χ0n) is 42.4. The van der Waals surface area contributed by atoms with Crippen molar-refractivity contribution in [2.45, 2.75) is 160 Å². The second kappa shape index (κ2) is 35.5. The molecular formula is C45H66Ce2O24. The molecule has 0 fully saturated rings. The molecule has 0 aromatic rings. The van der Waals surface area contributed by atoms with Crippen LogP contribution < -0.4 is 30.6 Å². The maximum Gasteiger partial charge on any atom is 3.00 e. The van der Waals surface area contributed by atoms with E-state index in [0.29, 0.717) is 0 Å². The predicted octanol–water partition coefficient (Wildman–Crippen LogP) is -2.57. The van der Waals surface area contributed by atoms with Crippen LogP contribution in [0.4, 0.5) is 0 Å². The average molecular weight is 1270 g/mol. The number of esters is 6. The van der Waals surface area contributed by atoms with Crippen molar-refractivity contribution in [1.29, 1.82) is 0 Å². The Hall–Kier alpha value is -3.61. The Bertz CT molecular complexity index is 1470. The largest absolute Gasteiger partial charge is 3.00 e.